The summed E-state index contributed by atoms with van der Waals surface area (Å²) in [7, 11) is 3.19. The van der Waals surface area contributed by atoms with E-state index in [1.807, 2.05) is 72.1 Å². The molecule has 0 radical (unpaired) electrons. The van der Waals surface area contributed by atoms with Gasteiger partial charge in [-0.3, -0.25) is 10.1 Å². The molecule has 3 heterocycles. The second-order valence-electron chi connectivity index (χ2n) is 8.99. The van der Waals surface area contributed by atoms with Crippen LogP contribution in [0.15, 0.2) is 84.2 Å². The Balaban J connectivity index is 1.45. The average molecular weight is 599 g/mol. The van der Waals surface area contributed by atoms with Crippen molar-refractivity contribution in [2.45, 2.75) is 0 Å². The number of nitrogens with zero attached hydrogens (tertiary/aromatic N) is 2. The Hall–Kier alpha value is -4.44. The number of benzene rings is 3. The van der Waals surface area contributed by atoms with Gasteiger partial charge in [0.05, 0.1) is 31.3 Å². The molecule has 0 aliphatic heterocycles. The van der Waals surface area contributed by atoms with Crippen molar-refractivity contribution in [1.29, 1.82) is 0 Å². The van der Waals surface area contributed by atoms with Crippen LogP contribution < -0.4 is 20.5 Å². The highest BCUT2D eigenvalue weighted by Crippen LogP contribution is 2.46. The summed E-state index contributed by atoms with van der Waals surface area (Å²) >= 11 is 8.59. The van der Waals surface area contributed by atoms with E-state index in [9.17, 15) is 4.79 Å². The van der Waals surface area contributed by atoms with Gasteiger partial charge in [-0.1, -0.05) is 66.2 Å². The minimum atomic E-state index is -0.354. The van der Waals surface area contributed by atoms with Crippen molar-refractivity contribution in [1.82, 2.24) is 9.97 Å². The summed E-state index contributed by atoms with van der Waals surface area (Å²) in [5, 5.41) is 6.57. The van der Waals surface area contributed by atoms with Gasteiger partial charge in [0.1, 0.15) is 9.71 Å². The van der Waals surface area contributed by atoms with Crippen LogP contribution in [0.2, 0.25) is 5.02 Å². The Morgan fingerprint density at radius 3 is 2.37 bits per heavy atom. The largest absolute Gasteiger partial charge is 0.493 e. The van der Waals surface area contributed by atoms with Crippen molar-refractivity contribution in [2.75, 3.05) is 25.3 Å². The highest BCUT2D eigenvalue weighted by molar-refractivity contribution is 7.21. The number of thiazole rings is 1. The summed E-state index contributed by atoms with van der Waals surface area (Å²) in [6, 6.07) is 24.9. The van der Waals surface area contributed by atoms with Crippen molar-refractivity contribution in [3.8, 4) is 45.1 Å². The standard InChI is InChI=1S/C31H23ClN4O3S2/c1-38-24-10-6-9-20(27(24)39-2)21-15-22(17-7-4-3-5-8-17)34-30-25(21)26(33)28(41-30)29(37)36-31-35-23(16-40-31)18-11-13-19(32)14-12-18/h3-16H,33H2,1-2H3,(H,35,36,37). The Morgan fingerprint density at radius 2 is 1.63 bits per heavy atom. The maximum absolute atomic E-state index is 13.5. The molecule has 6 rings (SSSR count). The number of halogens is 1. The molecule has 10 heteroatoms. The first-order valence-corrected chi connectivity index (χ1v) is 14.6. The van der Waals surface area contributed by atoms with Gasteiger partial charge in [0.2, 0.25) is 0 Å². The lowest BCUT2D eigenvalue weighted by atomic mass is 9.98. The molecule has 1 amide bonds. The van der Waals surface area contributed by atoms with E-state index in [-0.39, 0.29) is 5.91 Å². The summed E-state index contributed by atoms with van der Waals surface area (Å²) in [5.41, 5.74) is 11.9. The third-order valence-corrected chi connectivity index (χ3v) is 8.64. The van der Waals surface area contributed by atoms with E-state index in [4.69, 9.17) is 31.8 Å². The molecule has 0 bridgehead atoms. The zero-order valence-electron chi connectivity index (χ0n) is 22.0. The van der Waals surface area contributed by atoms with E-state index in [0.29, 0.717) is 42.4 Å². The molecule has 0 unspecified atom stereocenters. The number of nitrogens with one attached hydrogen (secondary N) is 1. The van der Waals surface area contributed by atoms with Crippen molar-refractivity contribution in [3.05, 3.63) is 94.1 Å². The SMILES string of the molecule is COc1cccc(-c2cc(-c3ccccc3)nc3sc(C(=O)Nc4nc(-c5ccc(Cl)cc5)cs4)c(N)c23)c1OC. The Bertz CT molecular complexity index is 1890. The molecule has 0 fully saturated rings. The third kappa shape index (κ3) is 5.11. The summed E-state index contributed by atoms with van der Waals surface area (Å²) in [5.74, 6) is 0.797. The molecule has 0 aliphatic rings. The van der Waals surface area contributed by atoms with Crippen molar-refractivity contribution in [3.63, 3.8) is 0 Å². The number of para-hydroxylation sites is 1. The van der Waals surface area contributed by atoms with Crippen LogP contribution >= 0.6 is 34.3 Å². The number of carbonyl (C=O) groups excluding carboxylic acids is 1. The highest BCUT2D eigenvalue weighted by Gasteiger charge is 2.24. The molecule has 3 N–H and O–H groups in total. The van der Waals surface area contributed by atoms with E-state index in [1.54, 1.807) is 26.4 Å². The number of hydrogen-bond donors (Lipinski definition) is 2. The summed E-state index contributed by atoms with van der Waals surface area (Å²) in [6.45, 7) is 0. The molecule has 0 saturated carbocycles. The number of rotatable bonds is 7. The number of nitrogen functional groups attached to an aromatic ring is 1. The minimum Gasteiger partial charge on any atom is -0.493 e. The van der Waals surface area contributed by atoms with Crippen LogP contribution in [0.4, 0.5) is 10.8 Å². The van der Waals surface area contributed by atoms with Gasteiger partial charge in [-0.25, -0.2) is 9.97 Å². The predicted molar refractivity (Wildman–Crippen MR) is 169 cm³/mol. The lowest BCUT2D eigenvalue weighted by Gasteiger charge is -2.15. The number of carbonyl (C=O) groups is 1. The highest BCUT2D eigenvalue weighted by atomic mass is 35.5. The molecule has 3 aromatic carbocycles. The van der Waals surface area contributed by atoms with Crippen LogP contribution in [0, 0.1) is 0 Å². The van der Waals surface area contributed by atoms with Crippen molar-refractivity contribution in [2.24, 2.45) is 0 Å². The number of anilines is 2. The number of amides is 1. The molecule has 0 spiro atoms. The smallest absolute Gasteiger partial charge is 0.269 e. The van der Waals surface area contributed by atoms with Crippen LogP contribution in [-0.2, 0) is 0 Å². The van der Waals surface area contributed by atoms with Gasteiger partial charge in [-0.15, -0.1) is 22.7 Å². The summed E-state index contributed by atoms with van der Waals surface area (Å²) < 4.78 is 11.3. The number of methoxy groups -OCH3 is 2. The number of nitrogens with two attached hydrogens (primary N) is 1. The molecule has 0 saturated heterocycles. The molecule has 7 nitrogen and oxygen atoms in total. The second kappa shape index (κ2) is 11.2. The number of ether oxygens (including phenoxy) is 2. The maximum Gasteiger partial charge on any atom is 0.269 e. The van der Waals surface area contributed by atoms with E-state index in [2.05, 4.69) is 10.3 Å². The number of hydrogen-bond acceptors (Lipinski definition) is 8. The van der Waals surface area contributed by atoms with Crippen molar-refractivity contribution < 1.29 is 14.3 Å². The molecule has 204 valence electrons. The number of pyridine rings is 1. The molecule has 41 heavy (non-hydrogen) atoms. The van der Waals surface area contributed by atoms with Gasteiger partial charge in [0, 0.05) is 38.0 Å². The minimum absolute atomic E-state index is 0.337. The first kappa shape index (κ1) is 26.8. The van der Waals surface area contributed by atoms with E-state index in [1.165, 1.54) is 22.7 Å². The molecule has 3 aromatic heterocycles. The van der Waals surface area contributed by atoms with Crippen LogP contribution in [-0.4, -0.2) is 30.1 Å². The Kier molecular flexibility index (Phi) is 7.32. The van der Waals surface area contributed by atoms with Gasteiger partial charge in [0.15, 0.2) is 16.6 Å². The van der Waals surface area contributed by atoms with Gasteiger partial charge < -0.3 is 15.2 Å². The van der Waals surface area contributed by atoms with Gasteiger partial charge in [0.25, 0.3) is 5.91 Å². The Morgan fingerprint density at radius 1 is 0.878 bits per heavy atom. The molecule has 6 aromatic rings. The van der Waals surface area contributed by atoms with E-state index >= 15 is 0 Å². The predicted octanol–water partition coefficient (Wildman–Crippen LogP) is 8.26. The zero-order chi connectivity index (χ0) is 28.5. The summed E-state index contributed by atoms with van der Waals surface area (Å²) in [6.07, 6.45) is 0. The van der Waals surface area contributed by atoms with Gasteiger partial charge >= 0.3 is 0 Å². The first-order chi connectivity index (χ1) is 20.0. The zero-order valence-corrected chi connectivity index (χ0v) is 24.4. The van der Waals surface area contributed by atoms with E-state index < -0.39 is 0 Å². The lowest BCUT2D eigenvalue weighted by Crippen LogP contribution is -2.11. The summed E-state index contributed by atoms with van der Waals surface area (Å²) in [4.78, 5) is 24.0. The fourth-order valence-corrected chi connectivity index (χ4v) is 6.45. The average Bonchev–Trinajstić information content (AvgIpc) is 3.61. The molecule has 0 atom stereocenters. The maximum atomic E-state index is 13.5. The lowest BCUT2D eigenvalue weighted by molar-refractivity contribution is 0.103. The van der Waals surface area contributed by atoms with E-state index in [0.717, 1.165) is 33.6 Å². The number of aromatic nitrogens is 2. The normalized spacial score (nSPS) is 11.0. The quantitative estimate of drug-likeness (QED) is 0.192. The fourth-order valence-electron chi connectivity index (χ4n) is 4.60. The first-order valence-electron chi connectivity index (χ1n) is 12.5. The number of fused-ring (bicyclic) bond motifs is 1. The Labute approximate surface area is 249 Å². The monoisotopic (exact) mass is 598 g/mol. The molecular formula is C31H23ClN4O3S2. The van der Waals surface area contributed by atoms with Gasteiger partial charge in [-0.2, -0.15) is 0 Å². The molecule has 0 aliphatic carbocycles. The van der Waals surface area contributed by atoms with Crippen molar-refractivity contribution >= 4 is 61.2 Å². The fraction of sp³-hybridized carbons (Fsp3) is 0.0645. The molecular weight excluding hydrogens is 576 g/mol. The number of thiophene rings is 1. The van der Waals surface area contributed by atoms with Crippen LogP contribution in [0.5, 0.6) is 11.5 Å². The topological polar surface area (TPSA) is 99.4 Å². The van der Waals surface area contributed by atoms with Gasteiger partial charge in [-0.05, 0) is 24.3 Å². The van der Waals surface area contributed by atoms with Crippen LogP contribution in [0.1, 0.15) is 9.67 Å². The van der Waals surface area contributed by atoms with Crippen LogP contribution in [0.25, 0.3) is 43.9 Å². The second-order valence-corrected chi connectivity index (χ2v) is 11.3. The third-order valence-electron chi connectivity index (χ3n) is 6.53. The van der Waals surface area contributed by atoms with Crippen LogP contribution in [0.3, 0.4) is 0 Å².